The largest absolute Gasteiger partial charge is 0.378 e. The van der Waals surface area contributed by atoms with Crippen LogP contribution >= 0.6 is 11.3 Å². The third kappa shape index (κ3) is 3.91. The number of likely N-dealkylation sites (tertiary alicyclic amines) is 1. The Morgan fingerprint density at radius 2 is 2.04 bits per heavy atom. The van der Waals surface area contributed by atoms with Crippen LogP contribution in [0, 0.1) is 12.8 Å². The molecule has 0 unspecified atom stereocenters. The third-order valence-corrected chi connectivity index (χ3v) is 6.22. The Hall–Kier alpha value is -2.19. The number of nitrogens with zero attached hydrogens (tertiary/aromatic N) is 3. The molecule has 4 rings (SSSR count). The number of carbonyl (C=O) groups excluding carboxylic acids is 2. The van der Waals surface area contributed by atoms with Gasteiger partial charge >= 0.3 is 0 Å². The van der Waals surface area contributed by atoms with Crippen molar-refractivity contribution >= 4 is 23.2 Å². The first-order valence-electron chi connectivity index (χ1n) is 9.40. The standard InChI is InChI=1S/C19H24N4O3S/c1-13-4-5-17(27-13)15-11-16(21-20-15)19(25)23-6-2-3-14(12-23)18(24)22-7-9-26-10-8-22/h4-5,11,14H,2-3,6-10,12H2,1H3,(H,20,21)/t14-/m0/s1. The highest BCUT2D eigenvalue weighted by molar-refractivity contribution is 7.15. The Labute approximate surface area is 162 Å². The van der Waals surface area contributed by atoms with Crippen LogP contribution in [0.5, 0.6) is 0 Å². The smallest absolute Gasteiger partial charge is 0.274 e. The number of hydrogen-bond acceptors (Lipinski definition) is 5. The molecule has 7 nitrogen and oxygen atoms in total. The number of H-pyrrole nitrogens is 1. The van der Waals surface area contributed by atoms with E-state index >= 15 is 0 Å². The van der Waals surface area contributed by atoms with Crippen molar-refractivity contribution in [3.05, 3.63) is 28.8 Å². The number of amides is 2. The minimum Gasteiger partial charge on any atom is -0.378 e. The summed E-state index contributed by atoms with van der Waals surface area (Å²) in [7, 11) is 0. The van der Waals surface area contributed by atoms with Gasteiger partial charge in [0.1, 0.15) is 0 Å². The van der Waals surface area contributed by atoms with Crippen molar-refractivity contribution < 1.29 is 14.3 Å². The number of rotatable bonds is 3. The third-order valence-electron chi connectivity index (χ3n) is 5.18. The molecular formula is C19H24N4O3S. The molecule has 27 heavy (non-hydrogen) atoms. The number of hydrogen-bond donors (Lipinski definition) is 1. The first-order valence-corrected chi connectivity index (χ1v) is 10.2. The predicted octanol–water partition coefficient (Wildman–Crippen LogP) is 2.16. The Bertz CT molecular complexity index is 825. The van der Waals surface area contributed by atoms with Crippen molar-refractivity contribution in [1.29, 1.82) is 0 Å². The van der Waals surface area contributed by atoms with Crippen molar-refractivity contribution in [1.82, 2.24) is 20.0 Å². The van der Waals surface area contributed by atoms with Crippen LogP contribution in [0.1, 0.15) is 28.2 Å². The van der Waals surface area contributed by atoms with Gasteiger partial charge in [0.15, 0.2) is 5.69 Å². The fraction of sp³-hybridized carbons (Fsp3) is 0.526. The molecule has 0 aliphatic carbocycles. The summed E-state index contributed by atoms with van der Waals surface area (Å²) >= 11 is 1.67. The number of aromatic nitrogens is 2. The molecular weight excluding hydrogens is 364 g/mol. The molecule has 2 amide bonds. The molecule has 2 aliphatic rings. The van der Waals surface area contributed by atoms with Gasteiger partial charge in [0.25, 0.3) is 5.91 Å². The highest BCUT2D eigenvalue weighted by atomic mass is 32.1. The number of carbonyl (C=O) groups is 2. The maximum Gasteiger partial charge on any atom is 0.274 e. The van der Waals surface area contributed by atoms with E-state index in [1.807, 2.05) is 11.0 Å². The van der Waals surface area contributed by atoms with Gasteiger partial charge in [0.05, 0.1) is 29.7 Å². The Morgan fingerprint density at radius 1 is 1.22 bits per heavy atom. The molecule has 2 aliphatic heterocycles. The Kier molecular flexibility index (Phi) is 5.27. The second-order valence-electron chi connectivity index (χ2n) is 7.11. The lowest BCUT2D eigenvalue weighted by molar-refractivity contribution is -0.141. The monoisotopic (exact) mass is 388 g/mol. The Balaban J connectivity index is 1.42. The average molecular weight is 388 g/mol. The van der Waals surface area contributed by atoms with Gasteiger partial charge in [-0.1, -0.05) is 0 Å². The molecule has 144 valence electrons. The summed E-state index contributed by atoms with van der Waals surface area (Å²) < 4.78 is 5.33. The van der Waals surface area contributed by atoms with Gasteiger partial charge in [-0.3, -0.25) is 14.7 Å². The molecule has 0 radical (unpaired) electrons. The van der Waals surface area contributed by atoms with Crippen molar-refractivity contribution in [2.24, 2.45) is 5.92 Å². The Morgan fingerprint density at radius 3 is 2.78 bits per heavy atom. The van der Waals surface area contributed by atoms with E-state index in [4.69, 9.17) is 4.74 Å². The van der Waals surface area contributed by atoms with E-state index in [-0.39, 0.29) is 17.7 Å². The van der Waals surface area contributed by atoms with Gasteiger partial charge in [-0.25, -0.2) is 0 Å². The van der Waals surface area contributed by atoms with Crippen molar-refractivity contribution in [3.63, 3.8) is 0 Å². The van der Waals surface area contributed by atoms with Gasteiger partial charge in [-0.2, -0.15) is 5.10 Å². The average Bonchev–Trinajstić information content (AvgIpc) is 3.37. The second-order valence-corrected chi connectivity index (χ2v) is 8.39. The fourth-order valence-corrected chi connectivity index (χ4v) is 4.54. The van der Waals surface area contributed by atoms with Crippen LogP contribution in [-0.4, -0.2) is 71.2 Å². The van der Waals surface area contributed by atoms with Crippen molar-refractivity contribution in [2.45, 2.75) is 19.8 Å². The zero-order valence-electron chi connectivity index (χ0n) is 15.4. The van der Waals surface area contributed by atoms with Crippen LogP contribution in [0.25, 0.3) is 10.6 Å². The number of thiophene rings is 1. The first kappa shape index (κ1) is 18.2. The molecule has 0 bridgehead atoms. The van der Waals surface area contributed by atoms with Crippen molar-refractivity contribution in [3.8, 4) is 10.6 Å². The molecule has 0 saturated carbocycles. The number of ether oxygens (including phenoxy) is 1. The number of aromatic amines is 1. The van der Waals surface area contributed by atoms with Gasteiger partial charge in [0.2, 0.25) is 5.91 Å². The molecule has 2 aromatic rings. The van der Waals surface area contributed by atoms with E-state index in [0.717, 1.165) is 23.4 Å². The summed E-state index contributed by atoms with van der Waals surface area (Å²) in [6, 6.07) is 5.88. The highest BCUT2D eigenvalue weighted by Crippen LogP contribution is 2.27. The van der Waals surface area contributed by atoms with E-state index in [0.29, 0.717) is 45.1 Å². The van der Waals surface area contributed by atoms with E-state index < -0.39 is 0 Å². The van der Waals surface area contributed by atoms with Crippen LogP contribution in [0.3, 0.4) is 0 Å². The lowest BCUT2D eigenvalue weighted by Gasteiger charge is -2.36. The van der Waals surface area contributed by atoms with Gasteiger partial charge in [-0.15, -0.1) is 11.3 Å². The molecule has 2 aromatic heterocycles. The minimum atomic E-state index is -0.126. The molecule has 1 N–H and O–H groups in total. The first-order chi connectivity index (χ1) is 13.1. The minimum absolute atomic E-state index is 0.106. The summed E-state index contributed by atoms with van der Waals surface area (Å²) in [6.45, 7) is 5.68. The summed E-state index contributed by atoms with van der Waals surface area (Å²) in [5.41, 5.74) is 1.27. The lowest BCUT2D eigenvalue weighted by atomic mass is 9.96. The maximum atomic E-state index is 12.9. The molecule has 1 atom stereocenters. The summed E-state index contributed by atoms with van der Waals surface area (Å²) in [4.78, 5) is 31.6. The van der Waals surface area contributed by atoms with E-state index in [2.05, 4.69) is 23.2 Å². The second kappa shape index (κ2) is 7.82. The van der Waals surface area contributed by atoms with Crippen LogP contribution in [-0.2, 0) is 9.53 Å². The predicted molar refractivity (Wildman–Crippen MR) is 103 cm³/mol. The molecule has 0 aromatic carbocycles. The summed E-state index contributed by atoms with van der Waals surface area (Å²) in [5, 5.41) is 7.18. The molecule has 2 saturated heterocycles. The van der Waals surface area contributed by atoms with Crippen LogP contribution < -0.4 is 0 Å². The molecule has 0 spiro atoms. The summed E-state index contributed by atoms with van der Waals surface area (Å²) in [5.74, 6) is -0.0861. The van der Waals surface area contributed by atoms with E-state index in [9.17, 15) is 9.59 Å². The van der Waals surface area contributed by atoms with Crippen LogP contribution in [0.15, 0.2) is 18.2 Å². The number of morpholine rings is 1. The zero-order valence-corrected chi connectivity index (χ0v) is 16.3. The quantitative estimate of drug-likeness (QED) is 0.874. The molecule has 2 fully saturated rings. The van der Waals surface area contributed by atoms with Crippen LogP contribution in [0.4, 0.5) is 0 Å². The number of nitrogens with one attached hydrogen (secondary N) is 1. The molecule has 8 heteroatoms. The fourth-order valence-electron chi connectivity index (χ4n) is 3.70. The van der Waals surface area contributed by atoms with E-state index in [1.165, 1.54) is 4.88 Å². The normalized spacial score (nSPS) is 20.7. The maximum absolute atomic E-state index is 12.9. The van der Waals surface area contributed by atoms with Crippen molar-refractivity contribution in [2.75, 3.05) is 39.4 Å². The van der Waals surface area contributed by atoms with Gasteiger partial charge < -0.3 is 14.5 Å². The lowest BCUT2D eigenvalue weighted by Crippen LogP contribution is -2.49. The zero-order chi connectivity index (χ0) is 18.8. The summed E-state index contributed by atoms with van der Waals surface area (Å²) in [6.07, 6.45) is 1.67. The molecule has 4 heterocycles. The number of aryl methyl sites for hydroxylation is 1. The van der Waals surface area contributed by atoms with E-state index in [1.54, 1.807) is 22.3 Å². The highest BCUT2D eigenvalue weighted by Gasteiger charge is 2.32. The van der Waals surface area contributed by atoms with Gasteiger partial charge in [-0.05, 0) is 38.0 Å². The number of piperidine rings is 1. The topological polar surface area (TPSA) is 78.5 Å². The van der Waals surface area contributed by atoms with Crippen LogP contribution in [0.2, 0.25) is 0 Å². The SMILES string of the molecule is Cc1ccc(-c2cc(C(=O)N3CCC[C@H](C(=O)N4CCOCC4)C3)n[nH]2)s1. The van der Waals surface area contributed by atoms with Gasteiger partial charge in [0, 0.05) is 31.1 Å².